The lowest BCUT2D eigenvalue weighted by molar-refractivity contribution is -0.136. The van der Waals surface area contributed by atoms with Crippen LogP contribution < -0.4 is 10.1 Å². The number of nitrogens with one attached hydrogen (secondary N) is 1. The highest BCUT2D eigenvalue weighted by Gasteiger charge is 2.29. The third kappa shape index (κ3) is 7.98. The van der Waals surface area contributed by atoms with Gasteiger partial charge in [-0.2, -0.15) is 4.31 Å². The Morgan fingerprint density at radius 2 is 1.71 bits per heavy atom. The van der Waals surface area contributed by atoms with Crippen LogP contribution in [-0.4, -0.2) is 67.8 Å². The topological polar surface area (TPSA) is 116 Å². The van der Waals surface area contributed by atoms with Crippen LogP contribution in [0.2, 0.25) is 0 Å². The fourth-order valence-electron chi connectivity index (χ4n) is 5.85. The van der Waals surface area contributed by atoms with Crippen molar-refractivity contribution in [2.75, 3.05) is 27.2 Å². The van der Waals surface area contributed by atoms with Gasteiger partial charge in [-0.25, -0.2) is 8.42 Å². The van der Waals surface area contributed by atoms with Gasteiger partial charge in [0.15, 0.2) is 0 Å². The summed E-state index contributed by atoms with van der Waals surface area (Å²) in [6, 6.07) is 20.6. The first kappa shape index (κ1) is 31.7. The van der Waals surface area contributed by atoms with Crippen molar-refractivity contribution in [3.05, 3.63) is 83.4 Å². The number of fused-ring (bicyclic) bond motifs is 1. The van der Waals surface area contributed by atoms with E-state index in [0.717, 1.165) is 30.4 Å². The van der Waals surface area contributed by atoms with Crippen molar-refractivity contribution in [3.63, 3.8) is 0 Å². The lowest BCUT2D eigenvalue weighted by atomic mass is 9.88. The summed E-state index contributed by atoms with van der Waals surface area (Å²) in [7, 11) is -0.863. The number of carboxylic acid groups (broad SMARTS) is 1. The molecular formula is C33H42N2O6S. The van der Waals surface area contributed by atoms with Gasteiger partial charge in [-0.1, -0.05) is 42.5 Å². The fourth-order valence-corrected chi connectivity index (χ4v) is 7.11. The summed E-state index contributed by atoms with van der Waals surface area (Å²) in [4.78, 5) is 11.2. The lowest BCUT2D eigenvalue weighted by Gasteiger charge is -2.31. The van der Waals surface area contributed by atoms with E-state index in [0.29, 0.717) is 23.7 Å². The number of likely N-dealkylation sites (N-methyl/N-ethyl adjacent to an activating group) is 1. The molecule has 42 heavy (non-hydrogen) atoms. The quantitative estimate of drug-likeness (QED) is 0.251. The predicted molar refractivity (Wildman–Crippen MR) is 164 cm³/mol. The molecule has 0 amide bonds. The lowest BCUT2D eigenvalue weighted by Crippen LogP contribution is -2.47. The Morgan fingerprint density at radius 3 is 2.36 bits per heavy atom. The number of hydrogen-bond acceptors (Lipinski definition) is 6. The third-order valence-corrected chi connectivity index (χ3v) is 9.80. The standard InChI is InChI=1S/C33H42N2O6S/c1-33(2,20-23-16-24-8-5-6-9-25(24)17-23)34-21-29(36)22-35(3)42(39,40)30-11-7-10-26(19-30)27-12-14-31(41-4)28(18-27)13-15-32(37)38/h5-12,14,18-19,23,29,34,36H,13,15-17,20-22H2,1-4H3,(H,37,38). The van der Waals surface area contributed by atoms with Crippen molar-refractivity contribution in [2.24, 2.45) is 5.92 Å². The van der Waals surface area contributed by atoms with Crippen molar-refractivity contribution >= 4 is 16.0 Å². The Kier molecular flexibility index (Phi) is 10.1. The van der Waals surface area contributed by atoms with Crippen LogP contribution in [0, 0.1) is 5.92 Å². The molecule has 1 aliphatic rings. The molecule has 0 heterocycles. The van der Waals surface area contributed by atoms with Gasteiger partial charge in [0.2, 0.25) is 10.0 Å². The molecule has 3 N–H and O–H groups in total. The number of carbonyl (C=O) groups is 1. The van der Waals surface area contributed by atoms with E-state index in [1.165, 1.54) is 35.7 Å². The Balaban J connectivity index is 1.37. The number of rotatable bonds is 14. The number of aryl methyl sites for hydroxylation is 1. The average Bonchev–Trinajstić information content (AvgIpc) is 3.36. The maximum atomic E-state index is 13.4. The number of aliphatic hydroxyl groups excluding tert-OH is 1. The molecule has 8 nitrogen and oxygen atoms in total. The second kappa shape index (κ2) is 13.4. The minimum atomic E-state index is -3.87. The first-order chi connectivity index (χ1) is 19.9. The molecule has 4 rings (SSSR count). The second-order valence-electron chi connectivity index (χ2n) is 11.9. The van der Waals surface area contributed by atoms with Gasteiger partial charge in [0.25, 0.3) is 0 Å². The van der Waals surface area contributed by atoms with Gasteiger partial charge in [0, 0.05) is 32.1 Å². The summed E-state index contributed by atoms with van der Waals surface area (Å²) in [5.41, 5.74) is 4.80. The molecule has 0 saturated heterocycles. The molecule has 0 aliphatic heterocycles. The maximum Gasteiger partial charge on any atom is 0.303 e. The molecule has 1 aliphatic carbocycles. The molecule has 0 spiro atoms. The highest BCUT2D eigenvalue weighted by molar-refractivity contribution is 7.89. The van der Waals surface area contributed by atoms with E-state index >= 15 is 0 Å². The normalized spacial score (nSPS) is 14.6. The highest BCUT2D eigenvalue weighted by Crippen LogP contribution is 2.32. The summed E-state index contributed by atoms with van der Waals surface area (Å²) in [6.07, 6.45) is 2.45. The molecule has 0 bridgehead atoms. The number of aliphatic hydroxyl groups is 1. The Bertz CT molecular complexity index is 1480. The van der Waals surface area contributed by atoms with Gasteiger partial charge in [-0.3, -0.25) is 4.79 Å². The van der Waals surface area contributed by atoms with E-state index in [2.05, 4.69) is 43.4 Å². The number of hydrogen-bond donors (Lipinski definition) is 3. The van der Waals surface area contributed by atoms with Crippen molar-refractivity contribution < 1.29 is 28.2 Å². The molecule has 226 valence electrons. The largest absolute Gasteiger partial charge is 0.496 e. The van der Waals surface area contributed by atoms with E-state index in [-0.39, 0.29) is 29.9 Å². The van der Waals surface area contributed by atoms with Crippen LogP contribution in [0.3, 0.4) is 0 Å². The Labute approximate surface area is 249 Å². The van der Waals surface area contributed by atoms with Crippen molar-refractivity contribution in [1.29, 1.82) is 0 Å². The number of sulfonamides is 1. The SMILES string of the molecule is COc1ccc(-c2cccc(S(=O)(=O)N(C)CC(O)CNC(C)(C)CC3Cc4ccccc4C3)c2)cc1CCC(=O)O. The number of nitrogens with zero attached hydrogens (tertiary/aromatic N) is 1. The fraction of sp³-hybridized carbons (Fsp3) is 0.424. The smallest absolute Gasteiger partial charge is 0.303 e. The van der Waals surface area contributed by atoms with Crippen molar-refractivity contribution in [1.82, 2.24) is 9.62 Å². The van der Waals surface area contributed by atoms with E-state index < -0.39 is 22.1 Å². The summed E-state index contributed by atoms with van der Waals surface area (Å²) in [5.74, 6) is 0.221. The summed E-state index contributed by atoms with van der Waals surface area (Å²) >= 11 is 0. The molecule has 0 fully saturated rings. The van der Waals surface area contributed by atoms with Crippen molar-refractivity contribution in [3.8, 4) is 16.9 Å². The van der Waals surface area contributed by atoms with Crippen LogP contribution >= 0.6 is 0 Å². The minimum Gasteiger partial charge on any atom is -0.496 e. The molecule has 3 aromatic carbocycles. The molecule has 0 radical (unpaired) electrons. The molecule has 0 aromatic heterocycles. The zero-order valence-corrected chi connectivity index (χ0v) is 25.7. The molecule has 1 atom stereocenters. The van der Waals surface area contributed by atoms with E-state index in [1.54, 1.807) is 18.2 Å². The number of benzene rings is 3. The van der Waals surface area contributed by atoms with Crippen LogP contribution in [-0.2, 0) is 34.1 Å². The highest BCUT2D eigenvalue weighted by atomic mass is 32.2. The van der Waals surface area contributed by atoms with E-state index in [1.807, 2.05) is 18.2 Å². The summed E-state index contributed by atoms with van der Waals surface area (Å²) < 4.78 is 33.5. The van der Waals surface area contributed by atoms with Gasteiger partial charge >= 0.3 is 5.97 Å². The molecule has 0 saturated carbocycles. The zero-order chi connectivity index (χ0) is 30.5. The van der Waals surface area contributed by atoms with Crippen LogP contribution in [0.5, 0.6) is 5.75 Å². The average molecular weight is 595 g/mol. The molecule has 3 aromatic rings. The first-order valence-electron chi connectivity index (χ1n) is 14.3. The Hall–Kier alpha value is -3.24. The number of β-amino-alcohol motifs (C(OH)–C–C–N with tert-alkyl or cyclic N) is 1. The van der Waals surface area contributed by atoms with Crippen LogP contribution in [0.25, 0.3) is 11.1 Å². The third-order valence-electron chi connectivity index (χ3n) is 7.98. The summed E-state index contributed by atoms with van der Waals surface area (Å²) in [6.45, 7) is 4.48. The van der Waals surface area contributed by atoms with Crippen LogP contribution in [0.15, 0.2) is 71.6 Å². The number of aliphatic carboxylic acids is 1. The monoisotopic (exact) mass is 594 g/mol. The molecular weight excluding hydrogens is 552 g/mol. The number of carboxylic acids is 1. The van der Waals surface area contributed by atoms with E-state index in [9.17, 15) is 18.3 Å². The van der Waals surface area contributed by atoms with E-state index in [4.69, 9.17) is 9.84 Å². The molecule has 9 heteroatoms. The maximum absolute atomic E-state index is 13.4. The first-order valence-corrected chi connectivity index (χ1v) is 15.8. The second-order valence-corrected chi connectivity index (χ2v) is 13.9. The minimum absolute atomic E-state index is 0.0394. The van der Waals surface area contributed by atoms with Crippen LogP contribution in [0.1, 0.15) is 43.4 Å². The van der Waals surface area contributed by atoms with Crippen LogP contribution in [0.4, 0.5) is 0 Å². The Morgan fingerprint density at radius 1 is 1.05 bits per heavy atom. The van der Waals surface area contributed by atoms with Gasteiger partial charge in [0.05, 0.1) is 18.1 Å². The van der Waals surface area contributed by atoms with Gasteiger partial charge < -0.3 is 20.3 Å². The van der Waals surface area contributed by atoms with Crippen molar-refractivity contribution in [2.45, 2.75) is 62.5 Å². The summed E-state index contributed by atoms with van der Waals surface area (Å²) in [5, 5.41) is 23.3. The number of ether oxygens (including phenoxy) is 1. The molecule has 1 unspecified atom stereocenters. The zero-order valence-electron chi connectivity index (χ0n) is 24.8. The number of methoxy groups -OCH3 is 1. The van der Waals surface area contributed by atoms with Gasteiger partial charge in [0.1, 0.15) is 5.75 Å². The predicted octanol–water partition coefficient (Wildman–Crippen LogP) is 4.53. The van der Waals surface area contributed by atoms with Gasteiger partial charge in [-0.15, -0.1) is 0 Å². The van der Waals surface area contributed by atoms with Gasteiger partial charge in [-0.05, 0) is 97.5 Å².